The van der Waals surface area contributed by atoms with E-state index < -0.39 is 213 Å². The molecule has 10 aromatic rings. The van der Waals surface area contributed by atoms with E-state index in [0.717, 1.165) is 35.0 Å². The SMILES string of the molecule is [2H]c1c([2H])c2c(c([2H])c1-c1cccc(-c3c([2H])c([2H])c4c(c3[2H])C(C([2H])([2H])[2H])(C([2H])([2H])[2H])C([2H])([2H])C([2H])([2H])C4(C([2H])([2H])[2H])C([2H])([2H])[2H])c1-[n+]1[c-]n(-c3[c-]c(Oc4[c-]c5c(cc4)c4ccccc4n5-c4cc(C([2H])([2H])[2H])c(C([2H])([2H])[2H])cn4)ccc3)c3ccccc31)C(C([2H])([2H])[2H])(C([2H])([2H])[2H])C([2H])([2H])C([2H])([2H])C2(C([2H])([2H])[2H])C([2H])([2H])[2H].[Pt]. The van der Waals surface area contributed by atoms with Crippen molar-refractivity contribution in [2.75, 3.05) is 0 Å². The van der Waals surface area contributed by atoms with Crippen molar-refractivity contribution in [3.05, 3.63) is 197 Å². The molecule has 0 bridgehead atoms. The quantitative estimate of drug-likeness (QED) is 0.118. The Labute approximate surface area is 501 Å². The Morgan fingerprint density at radius 1 is 0.611 bits per heavy atom. The Balaban J connectivity index is 0.0000132. The van der Waals surface area contributed by atoms with E-state index in [9.17, 15) is 19.2 Å². The summed E-state index contributed by atoms with van der Waals surface area (Å²) in [6.07, 6.45) is -15.5. The van der Waals surface area contributed by atoms with Crippen molar-refractivity contribution in [3.8, 4) is 50.9 Å². The Morgan fingerprint density at radius 3 is 1.86 bits per heavy atom. The first-order valence-electron chi connectivity index (χ1n) is 43.6. The van der Waals surface area contributed by atoms with Crippen molar-refractivity contribution in [2.45, 2.75) is 116 Å². The average Bonchev–Trinajstić information content (AvgIpc) is 0.654. The van der Waals surface area contributed by atoms with E-state index in [1.807, 2.05) is 0 Å². The monoisotopic (exact) mass is 1170 g/mol. The molecule has 0 N–H and O–H groups in total. The van der Waals surface area contributed by atoms with Crippen LogP contribution in [-0.4, -0.2) is 14.1 Å². The van der Waals surface area contributed by atoms with Crippen LogP contribution in [-0.2, 0) is 42.7 Å². The van der Waals surface area contributed by atoms with Gasteiger partial charge in [-0.2, -0.15) is 18.2 Å². The molecule has 0 radical (unpaired) electrons. The normalized spacial score (nSPS) is 29.8. The van der Waals surface area contributed by atoms with E-state index in [2.05, 4.69) is 23.4 Å². The molecule has 2 aliphatic carbocycles. The van der Waals surface area contributed by atoms with Gasteiger partial charge in [-0.3, -0.25) is 4.57 Å². The van der Waals surface area contributed by atoms with Gasteiger partial charge >= 0.3 is 0 Å². The van der Waals surface area contributed by atoms with Gasteiger partial charge in [0.1, 0.15) is 5.82 Å². The molecule has 0 amide bonds. The summed E-state index contributed by atoms with van der Waals surface area (Å²) in [6.45, 7) is -42.5. The van der Waals surface area contributed by atoms with E-state index in [0.29, 0.717) is 16.3 Å². The van der Waals surface area contributed by atoms with Gasteiger partial charge in [0.25, 0.3) is 6.33 Å². The van der Waals surface area contributed by atoms with E-state index in [-0.39, 0.29) is 60.6 Å². The molecule has 0 spiro atoms. The minimum atomic E-state index is -4.89. The Kier molecular flexibility index (Phi) is 4.58. The van der Waals surface area contributed by atoms with Crippen LogP contribution in [0.3, 0.4) is 0 Å². The van der Waals surface area contributed by atoms with Crippen molar-refractivity contribution in [2.24, 2.45) is 0 Å². The second-order valence-electron chi connectivity index (χ2n) is 17.0. The topological polar surface area (TPSA) is 35.9 Å². The van der Waals surface area contributed by atoms with Gasteiger partial charge < -0.3 is 13.9 Å². The molecule has 3 aromatic heterocycles. The summed E-state index contributed by atoms with van der Waals surface area (Å²) in [5.74, 6) is -0.268. The largest absolute Gasteiger partial charge is 0.510 e. The van der Waals surface area contributed by atoms with E-state index in [1.165, 1.54) is 57.7 Å². The fourth-order valence-corrected chi connectivity index (χ4v) is 8.91. The Morgan fingerprint density at radius 2 is 1.21 bits per heavy atom. The zero-order chi connectivity index (χ0) is 86.6. The summed E-state index contributed by atoms with van der Waals surface area (Å²) < 4.78 is 411. The second-order valence-corrected chi connectivity index (χ2v) is 17.0. The third-order valence-electron chi connectivity index (χ3n) is 12.3. The number of pyridine rings is 1. The van der Waals surface area contributed by atoms with Crippen LogP contribution < -0.4 is 9.30 Å². The number of nitrogens with zero attached hydrogens (tertiary/aromatic N) is 4. The predicted octanol–water partition coefficient (Wildman–Crippen LogP) is 16.2. The smallest absolute Gasteiger partial charge is 0.268 e. The minimum Gasteiger partial charge on any atom is -0.510 e. The third kappa shape index (κ3) is 7.86. The third-order valence-corrected chi connectivity index (χ3v) is 12.3. The van der Waals surface area contributed by atoms with Crippen molar-refractivity contribution < 1.29 is 90.7 Å². The molecule has 5 nitrogen and oxygen atoms in total. The number of fused-ring (bicyclic) bond motifs is 6. The van der Waals surface area contributed by atoms with Crippen LogP contribution in [0.2, 0.25) is 0 Å². The van der Waals surface area contributed by atoms with Crippen LogP contribution in [0.5, 0.6) is 11.5 Å². The Bertz CT molecular complexity index is 5440. The molecule has 0 unspecified atom stereocenters. The first-order valence-corrected chi connectivity index (χ1v) is 21.6. The van der Waals surface area contributed by atoms with Gasteiger partial charge in [-0.15, -0.1) is 29.7 Å². The maximum Gasteiger partial charge on any atom is 0.268 e. The number of aryl methyl sites for hydroxylation is 2. The van der Waals surface area contributed by atoms with E-state index >= 15 is 0 Å². The molecule has 0 atom stereocenters. The molecule has 2 aliphatic rings. The van der Waals surface area contributed by atoms with Gasteiger partial charge in [-0.1, -0.05) is 157 Å². The molecular weight excluding hydrogens is 1060 g/mol. The van der Waals surface area contributed by atoms with Crippen LogP contribution in [0.1, 0.15) is 174 Å². The fourth-order valence-electron chi connectivity index (χ4n) is 8.91. The van der Waals surface area contributed by atoms with Crippen molar-refractivity contribution in [3.63, 3.8) is 0 Å². The van der Waals surface area contributed by atoms with Gasteiger partial charge in [0.15, 0.2) is 0 Å². The standard InChI is InChI=1S/C66H62N4O.Pt/c1-42-35-61(67-40-43(42)2)70-57-22-12-11-19-51(57)52-28-27-48(39-60(52)70)71-47-18-15-17-46(38-47)68-41-69(59-24-14-13-23-58(59)68)62-49(44-25-29-53-55(36-44)65(7,8)33-31-63(53,3)4)20-16-21-50(62)45-26-30-54-56(37-45)66(9,10)34-32-64(54,5)6;/h11-30,35-37,40H,31-34H2,1-10H3;/q-2;/i1D3,2D3,3D3,4D3,5D3,6D3,7D3,8D3,9D3,10D3,25D,26D,29D,30D,31D2,32D2,33D2,34D2,36D,37D;. The van der Waals surface area contributed by atoms with Gasteiger partial charge in [0.2, 0.25) is 0 Å². The molecular formula is C66H62N4OPt-2. The first kappa shape index (κ1) is 19.1. The van der Waals surface area contributed by atoms with Gasteiger partial charge in [-0.05, 0) is 140 Å². The maximum absolute atomic E-state index is 10.4. The average molecular weight is 1170 g/mol. The molecule has 0 fully saturated rings. The molecule has 72 heavy (non-hydrogen) atoms. The molecule has 3 heterocycles. The van der Waals surface area contributed by atoms with Gasteiger partial charge in [-0.25, -0.2) is 4.98 Å². The van der Waals surface area contributed by atoms with Gasteiger partial charge in [0.05, 0.1) is 24.9 Å². The van der Waals surface area contributed by atoms with Crippen LogP contribution in [0, 0.1) is 32.2 Å². The molecule has 0 aliphatic heterocycles. The fraction of sp³-hybridized carbons (Fsp3) is 0.273. The molecule has 0 saturated carbocycles. The zero-order valence-electron chi connectivity index (χ0n) is 80.9. The number of para-hydroxylation sites is 4. The number of rotatable bonds is 7. The molecule has 364 valence electrons. The Hall–Kier alpha value is -6.55. The van der Waals surface area contributed by atoms with Crippen molar-refractivity contribution >= 4 is 32.8 Å². The summed E-state index contributed by atoms with van der Waals surface area (Å²) in [7, 11) is 0. The predicted molar refractivity (Wildman–Crippen MR) is 291 cm³/mol. The van der Waals surface area contributed by atoms with E-state index in [4.69, 9.17) is 45.9 Å². The summed E-state index contributed by atoms with van der Waals surface area (Å²) >= 11 is 0. The maximum atomic E-state index is 10.4. The minimum absolute atomic E-state index is 0. The summed E-state index contributed by atoms with van der Waals surface area (Å²) in [6, 6.07) is 18.7. The number of hydrogen-bond donors (Lipinski definition) is 0. The molecule has 7 aromatic carbocycles. The second kappa shape index (κ2) is 17.3. The number of hydrogen-bond acceptors (Lipinski definition) is 2. The van der Waals surface area contributed by atoms with Crippen LogP contribution in [0.15, 0.2) is 146 Å². The number of ether oxygens (including phenoxy) is 1. The number of benzene rings is 7. The van der Waals surface area contributed by atoms with Crippen LogP contribution >= 0.6 is 0 Å². The van der Waals surface area contributed by atoms with Crippen LogP contribution in [0.25, 0.3) is 72.3 Å². The first-order chi connectivity index (χ1) is 52.0. The summed E-state index contributed by atoms with van der Waals surface area (Å²) in [5.41, 5.74) is -33.0. The van der Waals surface area contributed by atoms with Crippen molar-refractivity contribution in [1.82, 2.24) is 14.1 Å². The summed E-state index contributed by atoms with van der Waals surface area (Å²) in [5, 5.41) is 1.11. The number of aromatic nitrogens is 4. The summed E-state index contributed by atoms with van der Waals surface area (Å²) in [4.78, 5) is 4.40. The molecule has 12 rings (SSSR count). The van der Waals surface area contributed by atoms with Gasteiger partial charge in [0, 0.05) is 96.4 Å². The molecule has 6 heteroatoms. The zero-order valence-corrected chi connectivity index (χ0v) is 39.2. The number of imidazole rings is 1. The van der Waals surface area contributed by atoms with E-state index in [1.54, 1.807) is 30.3 Å². The van der Waals surface area contributed by atoms with Crippen molar-refractivity contribution in [1.29, 1.82) is 0 Å². The molecule has 0 saturated heterocycles. The van der Waals surface area contributed by atoms with Crippen LogP contribution in [0.4, 0.5) is 0 Å².